The molecule has 1 rings (SSSR count). The summed E-state index contributed by atoms with van der Waals surface area (Å²) in [5.74, 6) is 1.17. The lowest BCUT2D eigenvalue weighted by Crippen LogP contribution is -3.05. The van der Waals surface area contributed by atoms with Crippen LogP contribution >= 0.6 is 0 Å². The van der Waals surface area contributed by atoms with Crippen LogP contribution in [0.1, 0.15) is 20.3 Å². The van der Waals surface area contributed by atoms with Gasteiger partial charge in [-0.25, -0.2) is 0 Å². The van der Waals surface area contributed by atoms with Crippen LogP contribution in [0, 0.1) is 0 Å². The van der Waals surface area contributed by atoms with Crippen LogP contribution in [0.25, 0.3) is 0 Å². The molecule has 9 heavy (non-hydrogen) atoms. The molecule has 0 radical (unpaired) electrons. The van der Waals surface area contributed by atoms with Crippen LogP contribution in [0.3, 0.4) is 0 Å². The molecule has 0 spiro atoms. The van der Waals surface area contributed by atoms with Gasteiger partial charge in [-0.05, 0) is 6.42 Å². The maximum absolute atomic E-state index is 4.33. The Morgan fingerprint density at radius 1 is 1.67 bits per heavy atom. The number of hydrogen-bond donors (Lipinski definition) is 1. The first-order valence-corrected chi connectivity index (χ1v) is 3.34. The van der Waals surface area contributed by atoms with E-state index < -0.39 is 0 Å². The third-order valence-corrected chi connectivity index (χ3v) is 1.63. The van der Waals surface area contributed by atoms with E-state index in [1.54, 1.807) is 0 Å². The van der Waals surface area contributed by atoms with Crippen LogP contribution in [-0.2, 0) is 0 Å². The molecule has 0 saturated heterocycles. The number of nitrogens with one attached hydrogen (secondary N) is 1. The predicted octanol–water partition coefficient (Wildman–Crippen LogP) is 0.185. The Morgan fingerprint density at radius 3 is 2.56 bits per heavy atom. The molecule has 0 aromatic rings. The molecule has 2 nitrogen and oxygen atoms in total. The summed E-state index contributed by atoms with van der Waals surface area (Å²) in [5, 5.41) is 0. The topological polar surface area (TPSA) is 16.8 Å². The van der Waals surface area contributed by atoms with Crippen LogP contribution in [0.4, 0.5) is 0 Å². The van der Waals surface area contributed by atoms with Crippen molar-refractivity contribution in [1.29, 1.82) is 0 Å². The van der Waals surface area contributed by atoms with Crippen LogP contribution in [0.5, 0.6) is 0 Å². The Kier molecular flexibility index (Phi) is 1.67. The molecule has 50 valence electrons. The van der Waals surface area contributed by atoms with Crippen LogP contribution in [0.2, 0.25) is 0 Å². The van der Waals surface area contributed by atoms with Crippen molar-refractivity contribution >= 4 is 5.84 Å². The van der Waals surface area contributed by atoms with Gasteiger partial charge in [-0.3, -0.25) is 4.90 Å². The van der Waals surface area contributed by atoms with Gasteiger partial charge in [0.05, 0.1) is 12.7 Å². The highest BCUT2D eigenvalue weighted by Crippen LogP contribution is 2.01. The maximum atomic E-state index is 4.33. The minimum Gasteiger partial charge on any atom is -0.265 e. The van der Waals surface area contributed by atoms with Crippen molar-refractivity contribution in [3.8, 4) is 0 Å². The molecular weight excluding hydrogens is 112 g/mol. The normalized spacial score (nSPS) is 25.9. The fourth-order valence-electron chi connectivity index (χ4n) is 0.871. The lowest BCUT2D eigenvalue weighted by atomic mass is 10.4. The number of amidine groups is 1. The van der Waals surface area contributed by atoms with Gasteiger partial charge in [-0.1, -0.05) is 6.92 Å². The number of aliphatic imine (C=N–C) groups is 1. The summed E-state index contributed by atoms with van der Waals surface area (Å²) < 4.78 is 0. The molecule has 0 aliphatic carbocycles. The van der Waals surface area contributed by atoms with Crippen molar-refractivity contribution < 1.29 is 4.90 Å². The van der Waals surface area contributed by atoms with Crippen molar-refractivity contribution in [1.82, 2.24) is 0 Å². The number of allylic oxidation sites excluding steroid dienone is 1. The predicted molar refractivity (Wildman–Crippen MR) is 38.4 cm³/mol. The molecule has 1 atom stereocenters. The monoisotopic (exact) mass is 125 g/mol. The minimum absolute atomic E-state index is 1.05. The van der Waals surface area contributed by atoms with E-state index in [2.05, 4.69) is 32.1 Å². The second kappa shape index (κ2) is 2.31. The van der Waals surface area contributed by atoms with E-state index in [0.29, 0.717) is 0 Å². The van der Waals surface area contributed by atoms with Gasteiger partial charge in [0.25, 0.3) is 0 Å². The molecule has 1 heterocycles. The Hall–Kier alpha value is -0.630. The van der Waals surface area contributed by atoms with Crippen molar-refractivity contribution in [2.45, 2.75) is 20.3 Å². The molecule has 0 bridgehead atoms. The molecule has 1 N–H and O–H groups in total. The van der Waals surface area contributed by atoms with Crippen LogP contribution in [-0.4, -0.2) is 12.9 Å². The van der Waals surface area contributed by atoms with Crippen molar-refractivity contribution in [2.75, 3.05) is 7.05 Å². The highest BCUT2D eigenvalue weighted by molar-refractivity contribution is 5.73. The van der Waals surface area contributed by atoms with E-state index >= 15 is 0 Å². The van der Waals surface area contributed by atoms with E-state index in [9.17, 15) is 0 Å². The fraction of sp³-hybridized carbons (Fsp3) is 0.571. The zero-order valence-electron chi connectivity index (χ0n) is 6.23. The van der Waals surface area contributed by atoms with Crippen LogP contribution < -0.4 is 4.90 Å². The molecule has 2 heteroatoms. The standard InChI is InChI=1S/C7H12N2/c1-4-7-5-9(3)6(2)8-7/h5H,4H2,1-3H3/p+1. The van der Waals surface area contributed by atoms with Gasteiger partial charge in [0.1, 0.15) is 6.20 Å². The van der Waals surface area contributed by atoms with E-state index in [-0.39, 0.29) is 0 Å². The molecule has 0 amide bonds. The molecule has 1 unspecified atom stereocenters. The van der Waals surface area contributed by atoms with Crippen LogP contribution in [0.15, 0.2) is 16.9 Å². The summed E-state index contributed by atoms with van der Waals surface area (Å²) in [7, 11) is 2.10. The summed E-state index contributed by atoms with van der Waals surface area (Å²) in [6, 6.07) is 0. The first-order chi connectivity index (χ1) is 4.24. The van der Waals surface area contributed by atoms with Gasteiger partial charge in [0, 0.05) is 6.92 Å². The van der Waals surface area contributed by atoms with E-state index in [0.717, 1.165) is 6.42 Å². The number of quaternary nitrogens is 1. The number of hydrogen-bond acceptors (Lipinski definition) is 1. The second-order valence-corrected chi connectivity index (χ2v) is 2.37. The van der Waals surface area contributed by atoms with Gasteiger partial charge in [0.15, 0.2) is 0 Å². The summed E-state index contributed by atoms with van der Waals surface area (Å²) in [6.07, 6.45) is 3.20. The molecule has 0 saturated carbocycles. The van der Waals surface area contributed by atoms with Gasteiger partial charge in [-0.2, -0.15) is 4.99 Å². The molecule has 1 aliphatic rings. The van der Waals surface area contributed by atoms with Crippen molar-refractivity contribution in [3.63, 3.8) is 0 Å². The van der Waals surface area contributed by atoms with Gasteiger partial charge in [-0.15, -0.1) is 0 Å². The maximum Gasteiger partial charge on any atom is 0.202 e. The summed E-state index contributed by atoms with van der Waals surface area (Å²) in [4.78, 5) is 5.64. The SMILES string of the molecule is CCC1=C[NH+](C)C(C)=N1. The first kappa shape index (κ1) is 6.49. The van der Waals surface area contributed by atoms with E-state index in [1.165, 1.54) is 16.4 Å². The Morgan fingerprint density at radius 2 is 2.33 bits per heavy atom. The lowest BCUT2D eigenvalue weighted by Gasteiger charge is -1.96. The fourth-order valence-corrected chi connectivity index (χ4v) is 0.871. The van der Waals surface area contributed by atoms with Gasteiger partial charge in [0.2, 0.25) is 5.84 Å². The molecule has 1 aliphatic heterocycles. The Bertz CT molecular complexity index is 168. The third kappa shape index (κ3) is 1.19. The Labute approximate surface area is 55.9 Å². The lowest BCUT2D eigenvalue weighted by molar-refractivity contribution is -0.719. The second-order valence-electron chi connectivity index (χ2n) is 2.37. The average molecular weight is 125 g/mol. The zero-order valence-corrected chi connectivity index (χ0v) is 6.23. The molecular formula is C7H13N2+. The minimum atomic E-state index is 1.05. The molecule has 0 aromatic heterocycles. The summed E-state index contributed by atoms with van der Waals surface area (Å²) in [5.41, 5.74) is 1.21. The highest BCUT2D eigenvalue weighted by Gasteiger charge is 2.12. The largest absolute Gasteiger partial charge is 0.265 e. The summed E-state index contributed by atoms with van der Waals surface area (Å²) >= 11 is 0. The van der Waals surface area contributed by atoms with Crippen molar-refractivity contribution in [3.05, 3.63) is 11.9 Å². The highest BCUT2D eigenvalue weighted by atomic mass is 15.2. The zero-order chi connectivity index (χ0) is 6.85. The van der Waals surface area contributed by atoms with Gasteiger partial charge < -0.3 is 0 Å². The average Bonchev–Trinajstić information content (AvgIpc) is 2.13. The molecule has 0 fully saturated rings. The number of nitrogens with zero attached hydrogens (tertiary/aromatic N) is 1. The van der Waals surface area contributed by atoms with E-state index in [1.807, 2.05) is 0 Å². The van der Waals surface area contributed by atoms with Crippen molar-refractivity contribution in [2.24, 2.45) is 4.99 Å². The third-order valence-electron chi connectivity index (χ3n) is 1.63. The quantitative estimate of drug-likeness (QED) is 0.515. The van der Waals surface area contributed by atoms with E-state index in [4.69, 9.17) is 0 Å². The smallest absolute Gasteiger partial charge is 0.202 e. The first-order valence-electron chi connectivity index (χ1n) is 3.34. The summed E-state index contributed by atoms with van der Waals surface area (Å²) in [6.45, 7) is 4.18. The number of rotatable bonds is 1. The Balaban J connectivity index is 2.70. The van der Waals surface area contributed by atoms with Gasteiger partial charge >= 0.3 is 0 Å². The molecule has 0 aromatic carbocycles.